The molecule has 0 bridgehead atoms. The highest BCUT2D eigenvalue weighted by Gasteiger charge is 2.14. The molecule has 0 aliphatic heterocycles. The van der Waals surface area contributed by atoms with Gasteiger partial charge in [0.1, 0.15) is 6.54 Å². The Labute approximate surface area is 145 Å². The van der Waals surface area contributed by atoms with Crippen molar-refractivity contribution in [2.45, 2.75) is 6.54 Å². The number of benzene rings is 2. The van der Waals surface area contributed by atoms with Crippen molar-refractivity contribution >= 4 is 22.8 Å². The maximum Gasteiger partial charge on any atom is 0.246 e. The van der Waals surface area contributed by atoms with Gasteiger partial charge in [0.05, 0.1) is 0 Å². The number of amides is 1. The third-order valence-corrected chi connectivity index (χ3v) is 4.00. The molecule has 5 nitrogen and oxygen atoms in total. The zero-order valence-electron chi connectivity index (χ0n) is 13.5. The Kier molecular flexibility index (Phi) is 3.96. The molecule has 0 fully saturated rings. The van der Waals surface area contributed by atoms with Crippen molar-refractivity contribution in [2.75, 3.05) is 5.32 Å². The summed E-state index contributed by atoms with van der Waals surface area (Å²) in [5, 5.41) is 3.84. The Balaban J connectivity index is 1.71. The van der Waals surface area contributed by atoms with Crippen molar-refractivity contribution < 1.29 is 4.79 Å². The van der Waals surface area contributed by atoms with Crippen molar-refractivity contribution in [1.29, 1.82) is 0 Å². The van der Waals surface area contributed by atoms with Crippen LogP contribution in [0.25, 0.3) is 22.2 Å². The van der Waals surface area contributed by atoms with Crippen LogP contribution in [0.4, 0.5) is 5.95 Å². The molecular weight excluding hydrogens is 312 g/mol. The normalized spacial score (nSPS) is 10.7. The maximum atomic E-state index is 12.5. The van der Waals surface area contributed by atoms with Crippen LogP contribution >= 0.6 is 0 Å². The smallest absolute Gasteiger partial charge is 0.246 e. The van der Waals surface area contributed by atoms with Gasteiger partial charge in [0.15, 0.2) is 0 Å². The molecule has 0 unspecified atom stereocenters. The van der Waals surface area contributed by atoms with Crippen molar-refractivity contribution in [2.24, 2.45) is 0 Å². The van der Waals surface area contributed by atoms with E-state index in [4.69, 9.17) is 0 Å². The number of nitrogens with zero attached hydrogens (tertiary/aromatic N) is 3. The fraction of sp³-hybridized carbons (Fsp3) is 0.0500. The molecule has 4 aromatic rings. The lowest BCUT2D eigenvalue weighted by Crippen LogP contribution is -2.20. The van der Waals surface area contributed by atoms with E-state index < -0.39 is 0 Å². The minimum absolute atomic E-state index is 0.162. The summed E-state index contributed by atoms with van der Waals surface area (Å²) in [4.78, 5) is 20.6. The number of hydrogen-bond donors (Lipinski definition) is 1. The summed E-state index contributed by atoms with van der Waals surface area (Å²) >= 11 is 0. The third-order valence-electron chi connectivity index (χ3n) is 4.00. The van der Waals surface area contributed by atoms with Crippen LogP contribution in [-0.2, 0) is 11.3 Å². The summed E-state index contributed by atoms with van der Waals surface area (Å²) < 4.78 is 2.02. The molecule has 2 heterocycles. The summed E-state index contributed by atoms with van der Waals surface area (Å²) in [7, 11) is 0. The molecular formula is C20H16N4O. The zero-order valence-corrected chi connectivity index (χ0v) is 13.5. The highest BCUT2D eigenvalue weighted by Crippen LogP contribution is 2.28. The summed E-state index contributed by atoms with van der Waals surface area (Å²) in [5.74, 6) is 0.148. The van der Waals surface area contributed by atoms with Gasteiger partial charge in [-0.3, -0.25) is 10.1 Å². The number of rotatable bonds is 4. The number of aromatic nitrogens is 3. The second-order valence-corrected chi connectivity index (χ2v) is 5.66. The molecule has 2 aromatic heterocycles. The van der Waals surface area contributed by atoms with Crippen LogP contribution < -0.4 is 5.32 Å². The van der Waals surface area contributed by atoms with Crippen LogP contribution in [0.5, 0.6) is 0 Å². The van der Waals surface area contributed by atoms with Crippen LogP contribution in [-0.4, -0.2) is 20.4 Å². The number of fused-ring (bicyclic) bond motifs is 1. The first-order valence-corrected chi connectivity index (χ1v) is 8.02. The van der Waals surface area contributed by atoms with Crippen LogP contribution in [0.15, 0.2) is 79.1 Å². The predicted octanol–water partition coefficient (Wildman–Crippen LogP) is 3.74. The van der Waals surface area contributed by atoms with Gasteiger partial charge in [0.25, 0.3) is 0 Å². The van der Waals surface area contributed by atoms with Gasteiger partial charge in [-0.15, -0.1) is 0 Å². The van der Waals surface area contributed by atoms with E-state index in [1.807, 2.05) is 53.1 Å². The maximum absolute atomic E-state index is 12.5. The third kappa shape index (κ3) is 3.12. The van der Waals surface area contributed by atoms with Crippen molar-refractivity contribution in [3.63, 3.8) is 0 Å². The second kappa shape index (κ2) is 6.57. The van der Waals surface area contributed by atoms with Gasteiger partial charge in [-0.05, 0) is 23.8 Å². The van der Waals surface area contributed by atoms with Crippen molar-refractivity contribution in [3.8, 4) is 11.3 Å². The van der Waals surface area contributed by atoms with E-state index in [1.165, 1.54) is 0 Å². The molecule has 1 N–H and O–H groups in total. The van der Waals surface area contributed by atoms with E-state index in [2.05, 4.69) is 27.4 Å². The summed E-state index contributed by atoms with van der Waals surface area (Å²) in [6.07, 6.45) is 3.20. The van der Waals surface area contributed by atoms with E-state index in [0.29, 0.717) is 5.95 Å². The minimum atomic E-state index is -0.162. The number of carbonyl (C=O) groups excluding carboxylic acids is 1. The van der Waals surface area contributed by atoms with Gasteiger partial charge < -0.3 is 4.57 Å². The van der Waals surface area contributed by atoms with E-state index in [-0.39, 0.29) is 12.5 Å². The molecule has 25 heavy (non-hydrogen) atoms. The summed E-state index contributed by atoms with van der Waals surface area (Å²) in [6, 6.07) is 21.9. The van der Waals surface area contributed by atoms with E-state index in [9.17, 15) is 4.79 Å². The Bertz CT molecular complexity index is 1010. The molecule has 0 saturated heterocycles. The fourth-order valence-corrected chi connectivity index (χ4v) is 2.90. The number of hydrogen-bond acceptors (Lipinski definition) is 3. The molecule has 2 aromatic carbocycles. The molecule has 0 radical (unpaired) electrons. The summed E-state index contributed by atoms with van der Waals surface area (Å²) in [6.45, 7) is 0.190. The molecule has 1 amide bonds. The van der Waals surface area contributed by atoms with Crippen LogP contribution in [0.2, 0.25) is 0 Å². The van der Waals surface area contributed by atoms with Crippen LogP contribution in [0.1, 0.15) is 0 Å². The molecule has 0 saturated carbocycles. The van der Waals surface area contributed by atoms with Gasteiger partial charge in [-0.25, -0.2) is 9.97 Å². The predicted molar refractivity (Wildman–Crippen MR) is 98.0 cm³/mol. The van der Waals surface area contributed by atoms with Gasteiger partial charge in [-0.2, -0.15) is 0 Å². The lowest BCUT2D eigenvalue weighted by Gasteiger charge is -2.11. The van der Waals surface area contributed by atoms with Crippen LogP contribution in [0, 0.1) is 0 Å². The lowest BCUT2D eigenvalue weighted by atomic mass is 10.1. The first-order valence-electron chi connectivity index (χ1n) is 8.02. The Hall–Kier alpha value is -3.47. The first-order chi connectivity index (χ1) is 12.3. The van der Waals surface area contributed by atoms with Gasteiger partial charge in [0.2, 0.25) is 11.9 Å². The average molecular weight is 328 g/mol. The molecule has 0 aliphatic rings. The molecule has 5 heteroatoms. The van der Waals surface area contributed by atoms with Crippen molar-refractivity contribution in [3.05, 3.63) is 79.1 Å². The van der Waals surface area contributed by atoms with Crippen LogP contribution in [0.3, 0.4) is 0 Å². The Morgan fingerprint density at radius 1 is 0.920 bits per heavy atom. The topological polar surface area (TPSA) is 59.8 Å². The first kappa shape index (κ1) is 15.1. The largest absolute Gasteiger partial charge is 0.331 e. The molecule has 0 atom stereocenters. The number of carbonyl (C=O) groups is 1. The lowest BCUT2D eigenvalue weighted by molar-refractivity contribution is -0.116. The number of para-hydroxylation sites is 1. The molecule has 122 valence electrons. The fourth-order valence-electron chi connectivity index (χ4n) is 2.90. The Morgan fingerprint density at radius 2 is 1.64 bits per heavy atom. The van der Waals surface area contributed by atoms with Gasteiger partial charge >= 0.3 is 0 Å². The number of nitrogens with one attached hydrogen (secondary N) is 1. The monoisotopic (exact) mass is 328 g/mol. The molecule has 0 spiro atoms. The standard InChI is InChI=1S/C20H16N4O/c25-19(23-20-21-11-6-12-22-20)14-24-17-10-5-4-9-16(17)13-18(24)15-7-2-1-3-8-15/h1-13H,14H2,(H,21,22,23,25). The molecule has 4 rings (SSSR count). The Morgan fingerprint density at radius 3 is 2.44 bits per heavy atom. The minimum Gasteiger partial charge on any atom is -0.331 e. The molecule has 0 aliphatic carbocycles. The quantitative estimate of drug-likeness (QED) is 0.621. The second-order valence-electron chi connectivity index (χ2n) is 5.66. The zero-order chi connectivity index (χ0) is 17.1. The van der Waals surface area contributed by atoms with Crippen molar-refractivity contribution in [1.82, 2.24) is 14.5 Å². The van der Waals surface area contributed by atoms with E-state index in [0.717, 1.165) is 22.2 Å². The van der Waals surface area contributed by atoms with E-state index >= 15 is 0 Å². The highest BCUT2D eigenvalue weighted by atomic mass is 16.2. The van der Waals surface area contributed by atoms with Gasteiger partial charge in [-0.1, -0.05) is 48.5 Å². The average Bonchev–Trinajstić information content (AvgIpc) is 3.02. The van der Waals surface area contributed by atoms with Gasteiger partial charge in [0, 0.05) is 29.0 Å². The van der Waals surface area contributed by atoms with E-state index in [1.54, 1.807) is 18.5 Å². The SMILES string of the molecule is O=C(Cn1c(-c2ccccc2)cc2ccccc21)Nc1ncccn1. The highest BCUT2D eigenvalue weighted by molar-refractivity contribution is 5.93. The number of anilines is 1. The summed E-state index contributed by atoms with van der Waals surface area (Å²) in [5.41, 5.74) is 3.10.